The summed E-state index contributed by atoms with van der Waals surface area (Å²) in [6.45, 7) is 3.93. The number of fused-ring (bicyclic) bond motifs is 1. The number of methoxy groups -OCH3 is 1. The van der Waals surface area contributed by atoms with E-state index in [0.717, 1.165) is 65.1 Å². The largest absolute Gasteiger partial charge is 0.497 e. The van der Waals surface area contributed by atoms with Crippen molar-refractivity contribution in [1.82, 2.24) is 4.90 Å². The van der Waals surface area contributed by atoms with Gasteiger partial charge >= 0.3 is 5.63 Å². The topological polar surface area (TPSA) is 69.0 Å². The molecule has 0 N–H and O–H groups in total. The summed E-state index contributed by atoms with van der Waals surface area (Å²) in [4.78, 5) is 28.1. The van der Waals surface area contributed by atoms with Crippen molar-refractivity contribution in [3.8, 4) is 22.6 Å². The molecule has 196 valence electrons. The number of likely N-dealkylation sites (tertiary alicyclic amines) is 1. The van der Waals surface area contributed by atoms with E-state index < -0.39 is 5.63 Å². The van der Waals surface area contributed by atoms with E-state index in [9.17, 15) is 9.59 Å². The molecule has 5 rings (SSSR count). The van der Waals surface area contributed by atoms with Gasteiger partial charge in [-0.2, -0.15) is 0 Å². The molecule has 6 nitrogen and oxygen atoms in total. The molecule has 0 spiro atoms. The van der Waals surface area contributed by atoms with E-state index in [4.69, 9.17) is 13.9 Å². The van der Waals surface area contributed by atoms with E-state index in [-0.39, 0.29) is 24.7 Å². The number of piperidine rings is 1. The van der Waals surface area contributed by atoms with Crippen molar-refractivity contribution in [2.24, 2.45) is 0 Å². The van der Waals surface area contributed by atoms with Crippen molar-refractivity contribution in [3.63, 3.8) is 0 Å². The second-order valence-electron chi connectivity index (χ2n) is 10.1. The zero-order valence-corrected chi connectivity index (χ0v) is 22.2. The highest BCUT2D eigenvalue weighted by atomic mass is 16.5. The van der Waals surface area contributed by atoms with E-state index in [1.54, 1.807) is 13.2 Å². The minimum atomic E-state index is -0.476. The first-order valence-electron chi connectivity index (χ1n) is 13.1. The Morgan fingerprint density at radius 3 is 2.47 bits per heavy atom. The molecule has 0 saturated carbocycles. The average Bonchev–Trinajstić information content (AvgIpc) is 2.92. The van der Waals surface area contributed by atoms with Gasteiger partial charge in [0.2, 0.25) is 0 Å². The van der Waals surface area contributed by atoms with Gasteiger partial charge in [-0.1, -0.05) is 36.4 Å². The number of carbonyl (C=O) groups is 1. The fourth-order valence-electron chi connectivity index (χ4n) is 5.05. The Balaban J connectivity index is 1.30. The van der Waals surface area contributed by atoms with Crippen molar-refractivity contribution in [1.29, 1.82) is 0 Å². The van der Waals surface area contributed by atoms with Crippen LogP contribution in [0.3, 0.4) is 0 Å². The monoisotopic (exact) mass is 511 g/mol. The molecule has 1 saturated heterocycles. The number of rotatable bonds is 8. The van der Waals surface area contributed by atoms with E-state index >= 15 is 0 Å². The number of carbonyl (C=O) groups excluding carboxylic acids is 1. The summed E-state index contributed by atoms with van der Waals surface area (Å²) in [6, 6.07) is 21.3. The number of hydrogen-bond donors (Lipinski definition) is 0. The number of aryl methyl sites for hydroxylation is 1. The molecule has 2 heterocycles. The molecule has 0 bridgehead atoms. The fourth-order valence-corrected chi connectivity index (χ4v) is 5.05. The fraction of sp³-hybridized carbons (Fsp3) is 0.312. The second-order valence-corrected chi connectivity index (χ2v) is 10.1. The van der Waals surface area contributed by atoms with Crippen LogP contribution in [0, 0.1) is 6.92 Å². The minimum absolute atomic E-state index is 0.0224. The van der Waals surface area contributed by atoms with Gasteiger partial charge < -0.3 is 18.8 Å². The van der Waals surface area contributed by atoms with Crippen molar-refractivity contribution < 1.29 is 18.7 Å². The minimum Gasteiger partial charge on any atom is -0.497 e. The standard InChI is InChI=1S/C32H33NO5/c1-21-30(37-28-12-14-33(2)15-13-28)11-10-25-18-26(32(35)38-31(21)25)19-27(34)17-22-6-4-7-23(16-22)24-8-5-9-29(20-24)36-3/h4-11,16,18,20,28H,12-15,17,19H2,1-3H3. The van der Waals surface area contributed by atoms with Gasteiger partial charge in [0.05, 0.1) is 7.11 Å². The summed E-state index contributed by atoms with van der Waals surface area (Å²) in [5, 5.41) is 0.792. The van der Waals surface area contributed by atoms with Gasteiger partial charge in [0, 0.05) is 42.4 Å². The summed E-state index contributed by atoms with van der Waals surface area (Å²) in [5.74, 6) is 1.48. The molecule has 38 heavy (non-hydrogen) atoms. The zero-order valence-electron chi connectivity index (χ0n) is 22.2. The van der Waals surface area contributed by atoms with E-state index in [1.165, 1.54) is 0 Å². The predicted molar refractivity (Wildman–Crippen MR) is 149 cm³/mol. The lowest BCUT2D eigenvalue weighted by Gasteiger charge is -2.29. The lowest BCUT2D eigenvalue weighted by molar-refractivity contribution is -0.117. The third-order valence-electron chi connectivity index (χ3n) is 7.25. The molecule has 0 unspecified atom stereocenters. The molecule has 0 amide bonds. The maximum absolute atomic E-state index is 13.0. The third-order valence-corrected chi connectivity index (χ3v) is 7.25. The first kappa shape index (κ1) is 25.7. The van der Waals surface area contributed by atoms with Gasteiger partial charge in [-0.05, 0) is 73.8 Å². The van der Waals surface area contributed by atoms with Crippen LogP contribution in [0.4, 0.5) is 0 Å². The SMILES string of the molecule is COc1cccc(-c2cccc(CC(=O)Cc3cc4ccc(OC5CCN(C)CC5)c(C)c4oc3=O)c2)c1. The highest BCUT2D eigenvalue weighted by Gasteiger charge is 2.20. The number of Topliss-reactive ketones (excluding diaryl/α,β-unsaturated/α-hetero) is 1. The lowest BCUT2D eigenvalue weighted by atomic mass is 9.98. The highest BCUT2D eigenvalue weighted by Crippen LogP contribution is 2.29. The van der Waals surface area contributed by atoms with Gasteiger partial charge in [0.25, 0.3) is 0 Å². The maximum atomic E-state index is 13.0. The molecule has 0 atom stereocenters. The Morgan fingerprint density at radius 1 is 0.974 bits per heavy atom. The van der Waals surface area contributed by atoms with Crippen LogP contribution in [0.2, 0.25) is 0 Å². The van der Waals surface area contributed by atoms with Crippen LogP contribution in [0.15, 0.2) is 75.9 Å². The van der Waals surface area contributed by atoms with Crippen LogP contribution in [-0.2, 0) is 17.6 Å². The van der Waals surface area contributed by atoms with Crippen LogP contribution < -0.4 is 15.1 Å². The molecular formula is C32H33NO5. The van der Waals surface area contributed by atoms with Crippen molar-refractivity contribution >= 4 is 16.8 Å². The van der Waals surface area contributed by atoms with Gasteiger partial charge in [-0.3, -0.25) is 4.79 Å². The van der Waals surface area contributed by atoms with E-state index in [0.29, 0.717) is 11.1 Å². The molecular weight excluding hydrogens is 478 g/mol. The quantitative estimate of drug-likeness (QED) is 0.287. The Labute approximate surface area is 222 Å². The number of ether oxygens (including phenoxy) is 2. The Morgan fingerprint density at radius 2 is 1.71 bits per heavy atom. The van der Waals surface area contributed by atoms with Crippen LogP contribution in [0.1, 0.15) is 29.5 Å². The first-order valence-corrected chi connectivity index (χ1v) is 13.1. The van der Waals surface area contributed by atoms with Gasteiger partial charge in [-0.15, -0.1) is 0 Å². The number of nitrogens with zero attached hydrogens (tertiary/aromatic N) is 1. The number of benzene rings is 3. The molecule has 1 fully saturated rings. The molecule has 1 aromatic heterocycles. The van der Waals surface area contributed by atoms with Crippen LogP contribution in [0.25, 0.3) is 22.1 Å². The molecule has 1 aliphatic heterocycles. The van der Waals surface area contributed by atoms with Crippen molar-refractivity contribution in [2.75, 3.05) is 27.2 Å². The summed E-state index contributed by atoms with van der Waals surface area (Å²) in [6.07, 6.45) is 2.36. The summed E-state index contributed by atoms with van der Waals surface area (Å²) < 4.78 is 17.3. The summed E-state index contributed by atoms with van der Waals surface area (Å²) >= 11 is 0. The molecule has 0 aliphatic carbocycles. The molecule has 0 radical (unpaired) electrons. The van der Waals surface area contributed by atoms with E-state index in [2.05, 4.69) is 11.9 Å². The zero-order chi connectivity index (χ0) is 26.6. The average molecular weight is 512 g/mol. The van der Waals surface area contributed by atoms with Crippen LogP contribution >= 0.6 is 0 Å². The van der Waals surface area contributed by atoms with Crippen LogP contribution in [0.5, 0.6) is 11.5 Å². The third kappa shape index (κ3) is 5.81. The number of ketones is 1. The highest BCUT2D eigenvalue weighted by molar-refractivity contribution is 5.86. The summed E-state index contributed by atoms with van der Waals surface area (Å²) in [7, 11) is 3.76. The van der Waals surface area contributed by atoms with Gasteiger partial charge in [0.15, 0.2) is 0 Å². The molecule has 3 aromatic carbocycles. The van der Waals surface area contributed by atoms with Crippen molar-refractivity contribution in [2.45, 2.75) is 38.7 Å². The second kappa shape index (κ2) is 11.2. The van der Waals surface area contributed by atoms with Crippen molar-refractivity contribution in [3.05, 3.63) is 93.8 Å². The molecule has 6 heteroatoms. The Kier molecular flexibility index (Phi) is 7.61. The first-order chi connectivity index (χ1) is 18.4. The summed E-state index contributed by atoms with van der Waals surface area (Å²) in [5.41, 5.74) is 4.14. The Hall–Kier alpha value is -3.90. The molecule has 1 aliphatic rings. The number of hydrogen-bond acceptors (Lipinski definition) is 6. The predicted octanol–water partition coefficient (Wildman–Crippen LogP) is 5.60. The van der Waals surface area contributed by atoms with E-state index in [1.807, 2.05) is 67.6 Å². The smallest absolute Gasteiger partial charge is 0.339 e. The van der Waals surface area contributed by atoms with Crippen LogP contribution in [-0.4, -0.2) is 44.0 Å². The Bertz CT molecular complexity index is 1510. The normalized spacial score (nSPS) is 14.5. The lowest BCUT2D eigenvalue weighted by Crippen LogP contribution is -2.35. The van der Waals surface area contributed by atoms with Gasteiger partial charge in [0.1, 0.15) is 29.0 Å². The maximum Gasteiger partial charge on any atom is 0.339 e. The molecule has 4 aromatic rings. The van der Waals surface area contributed by atoms with Gasteiger partial charge in [-0.25, -0.2) is 4.79 Å².